The molecule has 2 heterocycles. The maximum Gasteiger partial charge on any atom is 0.118 e. The summed E-state index contributed by atoms with van der Waals surface area (Å²) in [6.45, 7) is 2.45. The molecule has 0 radical (unpaired) electrons. The molecule has 1 saturated heterocycles. The quantitative estimate of drug-likeness (QED) is 0.854. The van der Waals surface area contributed by atoms with Gasteiger partial charge in [0.1, 0.15) is 18.0 Å². The van der Waals surface area contributed by atoms with Crippen molar-refractivity contribution in [2.75, 3.05) is 7.11 Å². The number of methoxy groups -OCH3 is 1. The number of hydrogen-bond donors (Lipinski definition) is 1. The smallest absolute Gasteiger partial charge is 0.118 e. The molecule has 1 aromatic carbocycles. The Hall–Kier alpha value is -1.36. The molecule has 2 aliphatic rings. The van der Waals surface area contributed by atoms with E-state index in [0.29, 0.717) is 6.61 Å². The van der Waals surface area contributed by atoms with Crippen LogP contribution in [-0.4, -0.2) is 36.6 Å². The second kappa shape index (κ2) is 5.56. The van der Waals surface area contributed by atoms with Crippen LogP contribution in [0.3, 0.4) is 0 Å². The fraction of sp³-hybridized carbons (Fsp3) is 0.500. The molecule has 108 valence electrons. The Balaban J connectivity index is 1.63. The zero-order chi connectivity index (χ0) is 14.1. The summed E-state index contributed by atoms with van der Waals surface area (Å²) in [5.74, 6) is 0.885. The van der Waals surface area contributed by atoms with Crippen LogP contribution in [0.25, 0.3) is 0 Å². The molecule has 0 aliphatic carbocycles. The predicted molar refractivity (Wildman–Crippen MR) is 74.5 cm³/mol. The minimum Gasteiger partial charge on any atom is -0.497 e. The highest BCUT2D eigenvalue weighted by Crippen LogP contribution is 2.34. The Bertz CT molecular complexity index is 482. The van der Waals surface area contributed by atoms with Crippen molar-refractivity contribution >= 4 is 0 Å². The maximum atomic E-state index is 10.3. The number of hydrogen-bond acceptors (Lipinski definition) is 4. The molecule has 20 heavy (non-hydrogen) atoms. The van der Waals surface area contributed by atoms with Crippen LogP contribution in [0.1, 0.15) is 12.5 Å². The van der Waals surface area contributed by atoms with Crippen LogP contribution in [0.4, 0.5) is 0 Å². The Morgan fingerprint density at radius 2 is 1.85 bits per heavy atom. The van der Waals surface area contributed by atoms with E-state index in [-0.39, 0.29) is 24.2 Å². The highest BCUT2D eigenvalue weighted by molar-refractivity contribution is 5.26. The lowest BCUT2D eigenvalue weighted by Gasteiger charge is -2.38. The summed E-state index contributed by atoms with van der Waals surface area (Å²) in [5, 5.41) is 10.3. The third-order valence-corrected chi connectivity index (χ3v) is 4.12. The molecule has 2 bridgehead atoms. The van der Waals surface area contributed by atoms with Gasteiger partial charge in [-0.3, -0.25) is 0 Å². The minimum atomic E-state index is -0.494. The van der Waals surface area contributed by atoms with E-state index in [4.69, 9.17) is 14.2 Å². The van der Waals surface area contributed by atoms with Crippen LogP contribution < -0.4 is 4.74 Å². The van der Waals surface area contributed by atoms with Crippen LogP contribution >= 0.6 is 0 Å². The Kier molecular flexibility index (Phi) is 3.78. The van der Waals surface area contributed by atoms with E-state index in [2.05, 4.69) is 0 Å². The standard InChI is InChI=1S/C16H20O4/c1-10-13-7-8-14(20-13)16(15(10)17)19-9-11-3-5-12(18-2)6-4-11/h3-8,10,13-17H,9H2,1-2H3/t10-,13-,14+,15+,16+/m0/s1. The lowest BCUT2D eigenvalue weighted by Crippen LogP contribution is -2.50. The molecule has 2 aliphatic heterocycles. The van der Waals surface area contributed by atoms with Crippen molar-refractivity contribution in [3.8, 4) is 5.75 Å². The van der Waals surface area contributed by atoms with Crippen molar-refractivity contribution in [2.45, 2.75) is 37.9 Å². The van der Waals surface area contributed by atoms with E-state index in [0.717, 1.165) is 11.3 Å². The summed E-state index contributed by atoms with van der Waals surface area (Å²) in [7, 11) is 1.64. The molecular formula is C16H20O4. The minimum absolute atomic E-state index is 0.0239. The van der Waals surface area contributed by atoms with Gasteiger partial charge in [-0.05, 0) is 17.7 Å². The molecule has 1 aromatic rings. The fourth-order valence-electron chi connectivity index (χ4n) is 2.77. The average Bonchev–Trinajstić information content (AvgIpc) is 2.92. The molecule has 0 amide bonds. The zero-order valence-corrected chi connectivity index (χ0v) is 11.7. The number of fused-ring (bicyclic) bond motifs is 2. The summed E-state index contributed by atoms with van der Waals surface area (Å²) in [6.07, 6.45) is 3.11. The molecule has 0 saturated carbocycles. The molecule has 1 fully saturated rings. The van der Waals surface area contributed by atoms with Crippen LogP contribution in [-0.2, 0) is 16.1 Å². The Morgan fingerprint density at radius 3 is 2.55 bits per heavy atom. The van der Waals surface area contributed by atoms with E-state index in [1.54, 1.807) is 7.11 Å². The monoisotopic (exact) mass is 276 g/mol. The molecule has 5 atom stereocenters. The molecule has 1 N–H and O–H groups in total. The van der Waals surface area contributed by atoms with Gasteiger partial charge in [-0.25, -0.2) is 0 Å². The summed E-state index contributed by atoms with van der Waals surface area (Å²) in [4.78, 5) is 0. The van der Waals surface area contributed by atoms with Crippen LogP contribution in [0.2, 0.25) is 0 Å². The van der Waals surface area contributed by atoms with Gasteiger partial charge in [0.05, 0.1) is 25.9 Å². The van der Waals surface area contributed by atoms with E-state index in [1.807, 2.05) is 43.3 Å². The van der Waals surface area contributed by atoms with Crippen LogP contribution in [0, 0.1) is 5.92 Å². The zero-order valence-electron chi connectivity index (χ0n) is 11.7. The fourth-order valence-corrected chi connectivity index (χ4v) is 2.77. The highest BCUT2D eigenvalue weighted by Gasteiger charge is 2.44. The van der Waals surface area contributed by atoms with Gasteiger partial charge in [0.25, 0.3) is 0 Å². The number of benzene rings is 1. The summed E-state index contributed by atoms with van der Waals surface area (Å²) in [5.41, 5.74) is 1.05. The first kappa shape index (κ1) is 13.6. The molecular weight excluding hydrogens is 256 g/mol. The second-order valence-electron chi connectivity index (χ2n) is 5.42. The van der Waals surface area contributed by atoms with Gasteiger partial charge in [0, 0.05) is 5.92 Å². The van der Waals surface area contributed by atoms with E-state index >= 15 is 0 Å². The van der Waals surface area contributed by atoms with Gasteiger partial charge in [0.2, 0.25) is 0 Å². The number of aliphatic hydroxyl groups is 1. The van der Waals surface area contributed by atoms with Crippen molar-refractivity contribution in [3.63, 3.8) is 0 Å². The second-order valence-corrected chi connectivity index (χ2v) is 5.42. The first-order valence-electron chi connectivity index (χ1n) is 6.95. The summed E-state index contributed by atoms with van der Waals surface area (Å²) >= 11 is 0. The number of rotatable bonds is 4. The van der Waals surface area contributed by atoms with Crippen molar-refractivity contribution in [3.05, 3.63) is 42.0 Å². The number of ether oxygens (including phenoxy) is 3. The summed E-state index contributed by atoms with van der Waals surface area (Å²) < 4.78 is 16.8. The average molecular weight is 276 g/mol. The molecule has 0 aromatic heterocycles. The molecule has 0 unspecified atom stereocenters. The van der Waals surface area contributed by atoms with E-state index in [1.165, 1.54) is 0 Å². The predicted octanol–water partition coefficient (Wildman–Crippen LogP) is 1.91. The molecule has 4 nitrogen and oxygen atoms in total. The lowest BCUT2D eigenvalue weighted by atomic mass is 9.92. The number of aliphatic hydroxyl groups excluding tert-OH is 1. The Morgan fingerprint density at radius 1 is 1.15 bits per heavy atom. The largest absolute Gasteiger partial charge is 0.497 e. The topological polar surface area (TPSA) is 47.9 Å². The van der Waals surface area contributed by atoms with Gasteiger partial charge in [-0.1, -0.05) is 31.2 Å². The molecule has 3 rings (SSSR count). The maximum absolute atomic E-state index is 10.3. The Labute approximate surface area is 119 Å². The van der Waals surface area contributed by atoms with Gasteiger partial charge in [0.15, 0.2) is 0 Å². The van der Waals surface area contributed by atoms with Crippen molar-refractivity contribution in [1.29, 1.82) is 0 Å². The molecule has 4 heteroatoms. The molecule has 0 spiro atoms. The third-order valence-electron chi connectivity index (χ3n) is 4.12. The van der Waals surface area contributed by atoms with Gasteiger partial charge in [-0.2, -0.15) is 0 Å². The van der Waals surface area contributed by atoms with Crippen molar-refractivity contribution in [2.24, 2.45) is 5.92 Å². The van der Waals surface area contributed by atoms with Crippen molar-refractivity contribution in [1.82, 2.24) is 0 Å². The first-order valence-corrected chi connectivity index (χ1v) is 6.95. The van der Waals surface area contributed by atoms with Crippen LogP contribution in [0.15, 0.2) is 36.4 Å². The van der Waals surface area contributed by atoms with E-state index in [9.17, 15) is 5.11 Å². The van der Waals surface area contributed by atoms with Gasteiger partial charge >= 0.3 is 0 Å². The highest BCUT2D eigenvalue weighted by atomic mass is 16.6. The van der Waals surface area contributed by atoms with Crippen molar-refractivity contribution < 1.29 is 19.3 Å². The van der Waals surface area contributed by atoms with Crippen LogP contribution in [0.5, 0.6) is 5.75 Å². The summed E-state index contributed by atoms with van der Waals surface area (Å²) in [6, 6.07) is 7.73. The lowest BCUT2D eigenvalue weighted by molar-refractivity contribution is -0.181. The van der Waals surface area contributed by atoms with E-state index < -0.39 is 6.10 Å². The first-order chi connectivity index (χ1) is 9.69. The van der Waals surface area contributed by atoms with Gasteiger partial charge < -0.3 is 19.3 Å². The van der Waals surface area contributed by atoms with Gasteiger partial charge in [-0.15, -0.1) is 0 Å². The SMILES string of the molecule is COc1ccc(CO[C@H]2[C@H](O)[C@@H](C)[C@@H]3C=C[C@H]2O3)cc1. The third kappa shape index (κ3) is 2.46. The normalized spacial score (nSPS) is 35.2.